The fourth-order valence-electron chi connectivity index (χ4n) is 4.58. The Morgan fingerprint density at radius 2 is 1.91 bits per heavy atom. The molecule has 0 aromatic heterocycles. The molecular weight excluding hydrogens is 292 g/mol. The molecule has 5 heteroatoms. The van der Waals surface area contributed by atoms with E-state index in [9.17, 15) is 4.79 Å². The first-order valence-electron chi connectivity index (χ1n) is 9.17. The first-order chi connectivity index (χ1) is 11.2. The monoisotopic (exact) mass is 324 g/mol. The van der Waals surface area contributed by atoms with Crippen LogP contribution in [0.15, 0.2) is 0 Å². The summed E-state index contributed by atoms with van der Waals surface area (Å²) in [5, 5.41) is 0. The number of ether oxygens (including phenoxy) is 2. The summed E-state index contributed by atoms with van der Waals surface area (Å²) >= 11 is 0. The molecule has 2 saturated heterocycles. The molecule has 1 aliphatic carbocycles. The quantitative estimate of drug-likeness (QED) is 0.714. The lowest BCUT2D eigenvalue weighted by Gasteiger charge is -2.43. The average Bonchev–Trinajstić information content (AvgIpc) is 2.77. The summed E-state index contributed by atoms with van der Waals surface area (Å²) in [7, 11) is 3.41. The molecule has 1 atom stereocenters. The molecule has 23 heavy (non-hydrogen) atoms. The molecule has 132 valence electrons. The summed E-state index contributed by atoms with van der Waals surface area (Å²) in [4.78, 5) is 17.4. The van der Waals surface area contributed by atoms with Crippen molar-refractivity contribution < 1.29 is 14.3 Å². The van der Waals surface area contributed by atoms with Crippen LogP contribution in [0.2, 0.25) is 0 Å². The van der Waals surface area contributed by atoms with E-state index in [2.05, 4.69) is 4.90 Å². The molecule has 3 fully saturated rings. The summed E-state index contributed by atoms with van der Waals surface area (Å²) in [6.45, 7) is 6.33. The highest BCUT2D eigenvalue weighted by Gasteiger charge is 2.52. The van der Waals surface area contributed by atoms with E-state index in [0.29, 0.717) is 19.8 Å². The molecule has 1 saturated carbocycles. The van der Waals surface area contributed by atoms with Crippen molar-refractivity contribution in [2.75, 3.05) is 60.2 Å². The van der Waals surface area contributed by atoms with Crippen molar-refractivity contribution in [1.82, 2.24) is 9.80 Å². The van der Waals surface area contributed by atoms with E-state index in [4.69, 9.17) is 9.47 Å². The third-order valence-electron chi connectivity index (χ3n) is 6.35. The lowest BCUT2D eigenvalue weighted by molar-refractivity contribution is -0.134. The molecule has 5 nitrogen and oxygen atoms in total. The normalized spacial score (nSPS) is 28.5. The molecular formula is C18H32N2O3. The van der Waals surface area contributed by atoms with Gasteiger partial charge in [-0.25, -0.2) is 0 Å². The highest BCUT2D eigenvalue weighted by atomic mass is 16.5. The maximum Gasteiger partial charge on any atom is 0.228 e. The van der Waals surface area contributed by atoms with Crippen LogP contribution in [-0.2, 0) is 14.3 Å². The zero-order chi connectivity index (χ0) is 16.3. The summed E-state index contributed by atoms with van der Waals surface area (Å²) in [5.74, 6) is 1.24. The van der Waals surface area contributed by atoms with Crippen LogP contribution >= 0.6 is 0 Å². The number of rotatable bonds is 7. The molecule has 0 aromatic carbocycles. The number of piperidine rings is 1. The zero-order valence-electron chi connectivity index (χ0n) is 14.8. The Kier molecular flexibility index (Phi) is 5.60. The summed E-state index contributed by atoms with van der Waals surface area (Å²) < 4.78 is 10.6. The van der Waals surface area contributed by atoms with Gasteiger partial charge in [0.1, 0.15) is 0 Å². The van der Waals surface area contributed by atoms with Crippen molar-refractivity contribution in [2.45, 2.75) is 32.1 Å². The van der Waals surface area contributed by atoms with Gasteiger partial charge in [-0.2, -0.15) is 0 Å². The van der Waals surface area contributed by atoms with Gasteiger partial charge in [-0.15, -0.1) is 0 Å². The molecule has 2 heterocycles. The number of likely N-dealkylation sites (tertiary alicyclic amines) is 2. The van der Waals surface area contributed by atoms with Crippen molar-refractivity contribution in [3.63, 3.8) is 0 Å². The maximum atomic E-state index is 12.8. The molecule has 2 aliphatic heterocycles. The van der Waals surface area contributed by atoms with Gasteiger partial charge in [0, 0.05) is 39.3 Å². The van der Waals surface area contributed by atoms with Crippen molar-refractivity contribution >= 4 is 5.91 Å². The third-order valence-corrected chi connectivity index (χ3v) is 6.35. The molecule has 0 N–H and O–H groups in total. The SMILES string of the molecule is COCCN1CC2(CCN(CC3CCC3)CC2)C(COC)C1=O. The van der Waals surface area contributed by atoms with Crippen LogP contribution in [0.5, 0.6) is 0 Å². The maximum absolute atomic E-state index is 12.8. The van der Waals surface area contributed by atoms with Gasteiger partial charge in [-0.05, 0) is 44.7 Å². The average molecular weight is 324 g/mol. The van der Waals surface area contributed by atoms with Crippen LogP contribution in [-0.4, -0.2) is 75.9 Å². The molecule has 0 bridgehead atoms. The Hall–Kier alpha value is -0.650. The highest BCUT2D eigenvalue weighted by Crippen LogP contribution is 2.45. The third kappa shape index (κ3) is 3.57. The van der Waals surface area contributed by atoms with E-state index in [1.54, 1.807) is 14.2 Å². The molecule has 3 aliphatic rings. The Bertz CT molecular complexity index is 403. The van der Waals surface area contributed by atoms with Gasteiger partial charge in [0.2, 0.25) is 5.91 Å². The van der Waals surface area contributed by atoms with Gasteiger partial charge in [0.05, 0.1) is 19.1 Å². The van der Waals surface area contributed by atoms with Gasteiger partial charge in [0.15, 0.2) is 0 Å². The predicted molar refractivity (Wildman–Crippen MR) is 89.3 cm³/mol. The second-order valence-corrected chi connectivity index (χ2v) is 7.72. The van der Waals surface area contributed by atoms with Crippen molar-refractivity contribution in [3.05, 3.63) is 0 Å². The predicted octanol–water partition coefficient (Wildman–Crippen LogP) is 1.62. The molecule has 1 spiro atoms. The molecule has 1 unspecified atom stereocenters. The number of hydrogen-bond acceptors (Lipinski definition) is 4. The summed E-state index contributed by atoms with van der Waals surface area (Å²) in [6.07, 6.45) is 6.50. The van der Waals surface area contributed by atoms with Crippen LogP contribution in [0.1, 0.15) is 32.1 Å². The number of carbonyl (C=O) groups excluding carboxylic acids is 1. The van der Waals surface area contributed by atoms with Gasteiger partial charge in [-0.1, -0.05) is 6.42 Å². The van der Waals surface area contributed by atoms with Crippen LogP contribution in [0.25, 0.3) is 0 Å². The van der Waals surface area contributed by atoms with Crippen LogP contribution in [0.4, 0.5) is 0 Å². The van der Waals surface area contributed by atoms with Gasteiger partial charge in [-0.3, -0.25) is 4.79 Å². The number of hydrogen-bond donors (Lipinski definition) is 0. The van der Waals surface area contributed by atoms with E-state index < -0.39 is 0 Å². The van der Waals surface area contributed by atoms with E-state index >= 15 is 0 Å². The molecule has 0 aromatic rings. The second-order valence-electron chi connectivity index (χ2n) is 7.72. The van der Waals surface area contributed by atoms with Crippen molar-refractivity contribution in [3.8, 4) is 0 Å². The lowest BCUT2D eigenvalue weighted by Crippen LogP contribution is -2.47. The smallest absolute Gasteiger partial charge is 0.228 e. The minimum absolute atomic E-state index is 0.0372. The fraction of sp³-hybridized carbons (Fsp3) is 0.944. The van der Waals surface area contributed by atoms with Crippen LogP contribution in [0.3, 0.4) is 0 Å². The molecule has 0 radical (unpaired) electrons. The fourth-order valence-corrected chi connectivity index (χ4v) is 4.58. The zero-order valence-corrected chi connectivity index (χ0v) is 14.8. The minimum atomic E-state index is 0.0372. The Labute approximate surface area is 140 Å². The largest absolute Gasteiger partial charge is 0.384 e. The van der Waals surface area contributed by atoms with Gasteiger partial charge >= 0.3 is 0 Å². The van der Waals surface area contributed by atoms with Crippen molar-refractivity contribution in [1.29, 1.82) is 0 Å². The molecule has 3 rings (SSSR count). The first kappa shape index (κ1) is 17.2. The number of methoxy groups -OCH3 is 2. The highest BCUT2D eigenvalue weighted by molar-refractivity contribution is 5.82. The number of nitrogens with zero attached hydrogens (tertiary/aromatic N) is 2. The van der Waals surface area contributed by atoms with Gasteiger partial charge < -0.3 is 19.3 Å². The minimum Gasteiger partial charge on any atom is -0.384 e. The van der Waals surface area contributed by atoms with E-state index in [-0.39, 0.29) is 17.2 Å². The van der Waals surface area contributed by atoms with Crippen molar-refractivity contribution in [2.24, 2.45) is 17.3 Å². The van der Waals surface area contributed by atoms with Crippen LogP contribution in [0, 0.1) is 17.3 Å². The lowest BCUT2D eigenvalue weighted by atomic mass is 9.70. The number of carbonyl (C=O) groups is 1. The Balaban J connectivity index is 1.60. The van der Waals surface area contributed by atoms with Gasteiger partial charge in [0.25, 0.3) is 0 Å². The number of amides is 1. The van der Waals surface area contributed by atoms with Crippen LogP contribution < -0.4 is 0 Å². The topological polar surface area (TPSA) is 42.0 Å². The summed E-state index contributed by atoms with van der Waals surface area (Å²) in [5.41, 5.74) is 0.122. The van der Waals surface area contributed by atoms with E-state index in [0.717, 1.165) is 38.4 Å². The Morgan fingerprint density at radius 1 is 1.17 bits per heavy atom. The first-order valence-corrected chi connectivity index (χ1v) is 9.17. The Morgan fingerprint density at radius 3 is 2.48 bits per heavy atom. The van der Waals surface area contributed by atoms with E-state index in [1.165, 1.54) is 25.8 Å². The van der Waals surface area contributed by atoms with E-state index in [1.807, 2.05) is 4.90 Å². The molecule has 1 amide bonds. The standard InChI is InChI=1S/C18H32N2O3/c1-22-11-10-20-14-18(16(13-23-2)17(20)21)6-8-19(9-7-18)12-15-4-3-5-15/h15-16H,3-14H2,1-2H3. The second kappa shape index (κ2) is 7.49. The summed E-state index contributed by atoms with van der Waals surface area (Å²) in [6, 6.07) is 0.